The molecule has 1 N–H and O–H groups in total. The van der Waals surface area contributed by atoms with E-state index in [4.69, 9.17) is 0 Å². The van der Waals surface area contributed by atoms with Crippen LogP contribution in [0.5, 0.6) is 0 Å². The Hall–Kier alpha value is -3.02. The SMILES string of the molecule is CC(=O)N1C=Cc2ccccc2C1CC(=O)Nc1cc(F)ccc1F. The van der Waals surface area contributed by atoms with Gasteiger partial charge in [0.25, 0.3) is 0 Å². The van der Waals surface area contributed by atoms with Crippen molar-refractivity contribution in [3.05, 3.63) is 71.4 Å². The summed E-state index contributed by atoms with van der Waals surface area (Å²) in [6.07, 6.45) is 3.36. The molecule has 0 aliphatic carbocycles. The number of carbonyl (C=O) groups is 2. The van der Waals surface area contributed by atoms with Crippen molar-refractivity contribution in [3.8, 4) is 0 Å². The molecule has 4 nitrogen and oxygen atoms in total. The number of rotatable bonds is 3. The minimum absolute atomic E-state index is 0.0725. The first-order chi connectivity index (χ1) is 12.0. The number of nitrogens with zero attached hydrogens (tertiary/aromatic N) is 1. The Bertz CT molecular complexity index is 864. The summed E-state index contributed by atoms with van der Waals surface area (Å²) < 4.78 is 26.9. The third-order valence-corrected chi connectivity index (χ3v) is 4.05. The molecule has 2 aromatic carbocycles. The summed E-state index contributed by atoms with van der Waals surface area (Å²) in [4.78, 5) is 25.7. The fourth-order valence-electron chi connectivity index (χ4n) is 2.88. The highest BCUT2D eigenvalue weighted by atomic mass is 19.1. The quantitative estimate of drug-likeness (QED) is 0.921. The van der Waals surface area contributed by atoms with Crippen molar-refractivity contribution in [3.63, 3.8) is 0 Å². The molecule has 0 spiro atoms. The molecule has 0 bridgehead atoms. The van der Waals surface area contributed by atoms with E-state index in [2.05, 4.69) is 5.32 Å². The monoisotopic (exact) mass is 342 g/mol. The van der Waals surface area contributed by atoms with Crippen LogP contribution in [-0.4, -0.2) is 16.7 Å². The van der Waals surface area contributed by atoms with Gasteiger partial charge in [0, 0.05) is 19.2 Å². The number of anilines is 1. The molecule has 1 aliphatic rings. The Morgan fingerprint density at radius 1 is 1.16 bits per heavy atom. The van der Waals surface area contributed by atoms with Gasteiger partial charge in [-0.25, -0.2) is 8.78 Å². The fourth-order valence-corrected chi connectivity index (χ4v) is 2.88. The van der Waals surface area contributed by atoms with Gasteiger partial charge in [0.1, 0.15) is 11.6 Å². The number of nitrogens with one attached hydrogen (secondary N) is 1. The minimum atomic E-state index is -0.720. The maximum atomic E-state index is 13.7. The van der Waals surface area contributed by atoms with Crippen molar-refractivity contribution >= 4 is 23.6 Å². The molecule has 1 aliphatic heterocycles. The molecule has 6 heteroatoms. The van der Waals surface area contributed by atoms with Gasteiger partial charge < -0.3 is 10.2 Å². The first kappa shape index (κ1) is 16.8. The minimum Gasteiger partial charge on any atom is -0.323 e. The summed E-state index contributed by atoms with van der Waals surface area (Å²) in [5, 5.41) is 2.37. The number of halogens is 2. The molecule has 2 amide bonds. The van der Waals surface area contributed by atoms with Gasteiger partial charge in [-0.05, 0) is 29.3 Å². The summed E-state index contributed by atoms with van der Waals surface area (Å²) in [6, 6.07) is 9.77. The summed E-state index contributed by atoms with van der Waals surface area (Å²) in [6.45, 7) is 1.41. The van der Waals surface area contributed by atoms with Gasteiger partial charge in [-0.3, -0.25) is 9.59 Å². The number of carbonyl (C=O) groups excluding carboxylic acids is 2. The number of amides is 2. The predicted octanol–water partition coefficient (Wildman–Crippen LogP) is 3.87. The summed E-state index contributed by atoms with van der Waals surface area (Å²) in [5.74, 6) is -2.08. The molecule has 0 aromatic heterocycles. The molecule has 1 atom stereocenters. The van der Waals surface area contributed by atoms with Gasteiger partial charge in [-0.15, -0.1) is 0 Å². The van der Waals surface area contributed by atoms with E-state index in [0.717, 1.165) is 29.3 Å². The lowest BCUT2D eigenvalue weighted by Crippen LogP contribution is -2.33. The molecule has 1 unspecified atom stereocenters. The second-order valence-corrected chi connectivity index (χ2v) is 5.76. The number of benzene rings is 2. The van der Waals surface area contributed by atoms with Crippen LogP contribution in [0, 0.1) is 11.6 Å². The van der Waals surface area contributed by atoms with E-state index in [9.17, 15) is 18.4 Å². The predicted molar refractivity (Wildman–Crippen MR) is 90.3 cm³/mol. The smallest absolute Gasteiger partial charge is 0.226 e. The standard InChI is InChI=1S/C19H16F2N2O2/c1-12(24)23-9-8-13-4-2-3-5-15(13)18(23)11-19(25)22-17-10-14(20)6-7-16(17)21/h2-10,18H,11H2,1H3,(H,22,25). The first-order valence-electron chi connectivity index (χ1n) is 7.76. The van der Waals surface area contributed by atoms with Gasteiger partial charge in [-0.1, -0.05) is 24.3 Å². The van der Waals surface area contributed by atoms with E-state index >= 15 is 0 Å². The van der Waals surface area contributed by atoms with Crippen molar-refractivity contribution in [1.29, 1.82) is 0 Å². The van der Waals surface area contributed by atoms with Crippen molar-refractivity contribution in [2.75, 3.05) is 5.32 Å². The maximum Gasteiger partial charge on any atom is 0.226 e. The molecule has 1 heterocycles. The highest BCUT2D eigenvalue weighted by molar-refractivity contribution is 5.92. The number of hydrogen-bond acceptors (Lipinski definition) is 2. The second-order valence-electron chi connectivity index (χ2n) is 5.76. The lowest BCUT2D eigenvalue weighted by atomic mass is 9.93. The van der Waals surface area contributed by atoms with E-state index in [-0.39, 0.29) is 18.0 Å². The largest absolute Gasteiger partial charge is 0.323 e. The van der Waals surface area contributed by atoms with Crippen LogP contribution in [0.4, 0.5) is 14.5 Å². The zero-order valence-electron chi connectivity index (χ0n) is 13.5. The molecule has 128 valence electrons. The maximum absolute atomic E-state index is 13.7. The average Bonchev–Trinajstić information content (AvgIpc) is 2.58. The van der Waals surface area contributed by atoms with Crippen molar-refractivity contribution in [1.82, 2.24) is 4.90 Å². The number of fused-ring (bicyclic) bond motifs is 1. The van der Waals surface area contributed by atoms with Crippen molar-refractivity contribution in [2.45, 2.75) is 19.4 Å². The molecule has 0 radical (unpaired) electrons. The highest BCUT2D eigenvalue weighted by Gasteiger charge is 2.28. The van der Waals surface area contributed by atoms with Crippen LogP contribution in [0.3, 0.4) is 0 Å². The Kier molecular flexibility index (Phi) is 4.61. The topological polar surface area (TPSA) is 49.4 Å². The second kappa shape index (κ2) is 6.84. The highest BCUT2D eigenvalue weighted by Crippen LogP contribution is 2.33. The Morgan fingerprint density at radius 3 is 2.68 bits per heavy atom. The lowest BCUT2D eigenvalue weighted by Gasteiger charge is -2.32. The van der Waals surface area contributed by atoms with E-state index < -0.39 is 23.6 Å². The summed E-state index contributed by atoms with van der Waals surface area (Å²) >= 11 is 0. The van der Waals surface area contributed by atoms with Gasteiger partial charge in [0.05, 0.1) is 18.2 Å². The van der Waals surface area contributed by atoms with Crippen LogP contribution in [0.1, 0.15) is 30.5 Å². The Morgan fingerprint density at radius 2 is 1.92 bits per heavy atom. The van der Waals surface area contributed by atoms with Gasteiger partial charge >= 0.3 is 0 Å². The third kappa shape index (κ3) is 3.57. The fraction of sp³-hybridized carbons (Fsp3) is 0.158. The van der Waals surface area contributed by atoms with Crippen molar-refractivity contribution in [2.24, 2.45) is 0 Å². The van der Waals surface area contributed by atoms with Crippen LogP contribution in [-0.2, 0) is 9.59 Å². The molecule has 25 heavy (non-hydrogen) atoms. The molecular formula is C19H16F2N2O2. The van der Waals surface area contributed by atoms with E-state index in [1.54, 1.807) is 12.3 Å². The van der Waals surface area contributed by atoms with Crippen LogP contribution in [0.2, 0.25) is 0 Å². The van der Waals surface area contributed by atoms with Crippen LogP contribution < -0.4 is 5.32 Å². The first-order valence-corrected chi connectivity index (χ1v) is 7.76. The molecule has 3 rings (SSSR count). The van der Waals surface area contributed by atoms with Crippen molar-refractivity contribution < 1.29 is 18.4 Å². The molecule has 0 fully saturated rings. The normalized spacial score (nSPS) is 15.6. The zero-order valence-corrected chi connectivity index (χ0v) is 13.5. The summed E-state index contributed by atoms with van der Waals surface area (Å²) in [7, 11) is 0. The lowest BCUT2D eigenvalue weighted by molar-refractivity contribution is -0.129. The van der Waals surface area contributed by atoms with E-state index in [0.29, 0.717) is 0 Å². The zero-order chi connectivity index (χ0) is 18.0. The average molecular weight is 342 g/mol. The van der Waals surface area contributed by atoms with E-state index in [1.165, 1.54) is 11.8 Å². The molecule has 0 saturated carbocycles. The Balaban J connectivity index is 1.84. The molecule has 2 aromatic rings. The summed E-state index contributed by atoms with van der Waals surface area (Å²) in [5.41, 5.74) is 1.52. The van der Waals surface area contributed by atoms with Crippen LogP contribution in [0.15, 0.2) is 48.7 Å². The Labute approximate surface area is 143 Å². The van der Waals surface area contributed by atoms with Crippen LogP contribution >= 0.6 is 0 Å². The van der Waals surface area contributed by atoms with E-state index in [1.807, 2.05) is 24.3 Å². The van der Waals surface area contributed by atoms with Gasteiger partial charge in [-0.2, -0.15) is 0 Å². The molecule has 0 saturated heterocycles. The van der Waals surface area contributed by atoms with Gasteiger partial charge in [0.2, 0.25) is 11.8 Å². The van der Waals surface area contributed by atoms with Gasteiger partial charge in [0.15, 0.2) is 0 Å². The third-order valence-electron chi connectivity index (χ3n) is 4.05. The van der Waals surface area contributed by atoms with Crippen LogP contribution in [0.25, 0.3) is 6.08 Å². The number of hydrogen-bond donors (Lipinski definition) is 1. The molecular weight excluding hydrogens is 326 g/mol.